The maximum Gasteiger partial charge on any atom is 0.191 e. The Morgan fingerprint density at radius 1 is 1.08 bits per heavy atom. The number of hydrogen-bond donors (Lipinski definition) is 0. The van der Waals surface area contributed by atoms with E-state index in [0.717, 1.165) is 29.0 Å². The maximum atomic E-state index is 6.00. The Labute approximate surface area is 153 Å². The Hall–Kier alpha value is -2.27. The molecule has 0 unspecified atom stereocenters. The van der Waals surface area contributed by atoms with Crippen molar-refractivity contribution in [2.75, 3.05) is 0 Å². The highest BCUT2D eigenvalue weighted by Gasteiger charge is 2.18. The van der Waals surface area contributed by atoms with E-state index in [4.69, 9.17) is 4.74 Å². The summed E-state index contributed by atoms with van der Waals surface area (Å²) in [6.07, 6.45) is -0.150. The lowest BCUT2D eigenvalue weighted by Crippen LogP contribution is -2.11. The van der Waals surface area contributed by atoms with Crippen LogP contribution < -0.4 is 4.74 Å². The van der Waals surface area contributed by atoms with E-state index >= 15 is 0 Å². The summed E-state index contributed by atoms with van der Waals surface area (Å²) >= 11 is 1.71. The SMILES string of the molecule is CCn1c(SCc2cccc(C)c2)nnc1[C@H](C)Oc1ccccc1. The summed E-state index contributed by atoms with van der Waals surface area (Å²) in [7, 11) is 0. The Balaban J connectivity index is 1.72. The number of aromatic nitrogens is 3. The quantitative estimate of drug-likeness (QED) is 0.558. The predicted molar refractivity (Wildman–Crippen MR) is 102 cm³/mol. The normalized spacial score (nSPS) is 12.1. The molecule has 4 nitrogen and oxygen atoms in total. The molecule has 1 atom stereocenters. The summed E-state index contributed by atoms with van der Waals surface area (Å²) in [5.41, 5.74) is 2.58. The highest BCUT2D eigenvalue weighted by Crippen LogP contribution is 2.26. The first-order valence-electron chi connectivity index (χ1n) is 8.50. The van der Waals surface area contributed by atoms with Crippen LogP contribution >= 0.6 is 11.8 Å². The molecule has 0 spiro atoms. The van der Waals surface area contributed by atoms with Crippen molar-refractivity contribution in [3.05, 3.63) is 71.5 Å². The van der Waals surface area contributed by atoms with Gasteiger partial charge in [-0.05, 0) is 38.5 Å². The topological polar surface area (TPSA) is 39.9 Å². The van der Waals surface area contributed by atoms with Crippen molar-refractivity contribution >= 4 is 11.8 Å². The van der Waals surface area contributed by atoms with Crippen molar-refractivity contribution in [1.82, 2.24) is 14.8 Å². The number of ether oxygens (including phenoxy) is 1. The number of thioether (sulfide) groups is 1. The van der Waals surface area contributed by atoms with Crippen LogP contribution in [0.2, 0.25) is 0 Å². The van der Waals surface area contributed by atoms with Gasteiger partial charge in [0.1, 0.15) is 5.75 Å². The highest BCUT2D eigenvalue weighted by molar-refractivity contribution is 7.98. The minimum atomic E-state index is -0.150. The van der Waals surface area contributed by atoms with Crippen LogP contribution in [0.15, 0.2) is 59.8 Å². The minimum Gasteiger partial charge on any atom is -0.483 e. The van der Waals surface area contributed by atoms with Crippen molar-refractivity contribution < 1.29 is 4.74 Å². The molecular formula is C20H23N3OS. The molecule has 25 heavy (non-hydrogen) atoms. The smallest absolute Gasteiger partial charge is 0.191 e. The van der Waals surface area contributed by atoms with E-state index in [1.54, 1.807) is 11.8 Å². The zero-order chi connectivity index (χ0) is 17.6. The number of nitrogens with zero attached hydrogens (tertiary/aromatic N) is 3. The van der Waals surface area contributed by atoms with Crippen molar-refractivity contribution in [1.29, 1.82) is 0 Å². The Morgan fingerprint density at radius 2 is 1.88 bits per heavy atom. The summed E-state index contributed by atoms with van der Waals surface area (Å²) in [4.78, 5) is 0. The molecule has 130 valence electrons. The molecule has 0 amide bonds. The average molecular weight is 353 g/mol. The zero-order valence-corrected chi connectivity index (χ0v) is 15.7. The average Bonchev–Trinajstić information content (AvgIpc) is 3.04. The largest absolute Gasteiger partial charge is 0.483 e. The van der Waals surface area contributed by atoms with E-state index in [2.05, 4.69) is 52.9 Å². The fraction of sp³-hybridized carbons (Fsp3) is 0.300. The third kappa shape index (κ3) is 4.42. The second-order valence-electron chi connectivity index (χ2n) is 5.94. The highest BCUT2D eigenvalue weighted by atomic mass is 32.2. The van der Waals surface area contributed by atoms with Gasteiger partial charge in [-0.1, -0.05) is 59.8 Å². The first-order chi connectivity index (χ1) is 12.2. The molecular weight excluding hydrogens is 330 g/mol. The molecule has 3 aromatic rings. The summed E-state index contributed by atoms with van der Waals surface area (Å²) in [5.74, 6) is 2.58. The van der Waals surface area contributed by atoms with Gasteiger partial charge in [-0.3, -0.25) is 0 Å². The van der Waals surface area contributed by atoms with Crippen LogP contribution in [0, 0.1) is 6.92 Å². The van der Waals surface area contributed by atoms with Crippen LogP contribution in [0.1, 0.15) is 36.9 Å². The van der Waals surface area contributed by atoms with Crippen LogP contribution in [0.3, 0.4) is 0 Å². The maximum absolute atomic E-state index is 6.00. The second-order valence-corrected chi connectivity index (χ2v) is 6.88. The summed E-state index contributed by atoms with van der Waals surface area (Å²) in [6.45, 7) is 7.06. The molecule has 0 N–H and O–H groups in total. The number of benzene rings is 2. The van der Waals surface area contributed by atoms with Gasteiger partial charge in [-0.2, -0.15) is 0 Å². The molecule has 0 saturated carbocycles. The summed E-state index contributed by atoms with van der Waals surface area (Å²) in [5, 5.41) is 9.70. The first kappa shape index (κ1) is 17.5. The standard InChI is InChI=1S/C20H23N3OS/c1-4-23-19(16(3)24-18-11-6-5-7-12-18)21-22-20(23)25-14-17-10-8-9-15(2)13-17/h5-13,16H,4,14H2,1-3H3/t16-/m0/s1. The van der Waals surface area contributed by atoms with Crippen molar-refractivity contribution in [3.63, 3.8) is 0 Å². The molecule has 0 fully saturated rings. The van der Waals surface area contributed by atoms with Crippen LogP contribution in [0.4, 0.5) is 0 Å². The minimum absolute atomic E-state index is 0.150. The lowest BCUT2D eigenvalue weighted by atomic mass is 10.2. The molecule has 0 aliphatic rings. The van der Waals surface area contributed by atoms with Gasteiger partial charge in [0.15, 0.2) is 17.1 Å². The first-order valence-corrected chi connectivity index (χ1v) is 9.49. The molecule has 0 aliphatic heterocycles. The number of para-hydroxylation sites is 1. The van der Waals surface area contributed by atoms with Gasteiger partial charge >= 0.3 is 0 Å². The van der Waals surface area contributed by atoms with Gasteiger partial charge < -0.3 is 9.30 Å². The van der Waals surface area contributed by atoms with E-state index in [1.807, 2.05) is 37.3 Å². The third-order valence-corrected chi connectivity index (χ3v) is 4.97. The molecule has 2 aromatic carbocycles. The van der Waals surface area contributed by atoms with E-state index in [1.165, 1.54) is 11.1 Å². The lowest BCUT2D eigenvalue weighted by Gasteiger charge is -2.15. The number of aryl methyl sites for hydroxylation is 1. The molecule has 0 bridgehead atoms. The fourth-order valence-electron chi connectivity index (χ4n) is 2.71. The Bertz CT molecular complexity index is 817. The van der Waals surface area contributed by atoms with E-state index in [-0.39, 0.29) is 6.10 Å². The second kappa shape index (κ2) is 8.21. The zero-order valence-electron chi connectivity index (χ0n) is 14.8. The molecule has 1 heterocycles. The van der Waals surface area contributed by atoms with Crippen LogP contribution in [-0.2, 0) is 12.3 Å². The van der Waals surface area contributed by atoms with Crippen LogP contribution in [-0.4, -0.2) is 14.8 Å². The molecule has 0 aliphatic carbocycles. The van der Waals surface area contributed by atoms with E-state index in [0.29, 0.717) is 0 Å². The van der Waals surface area contributed by atoms with Gasteiger partial charge in [0.2, 0.25) is 0 Å². The predicted octanol–water partition coefficient (Wildman–Crippen LogP) is 5.04. The van der Waals surface area contributed by atoms with Crippen LogP contribution in [0.25, 0.3) is 0 Å². The van der Waals surface area contributed by atoms with Crippen molar-refractivity contribution in [3.8, 4) is 5.75 Å². The van der Waals surface area contributed by atoms with Gasteiger partial charge in [-0.15, -0.1) is 10.2 Å². The summed E-state index contributed by atoms with van der Waals surface area (Å²) < 4.78 is 8.14. The van der Waals surface area contributed by atoms with Crippen molar-refractivity contribution in [2.24, 2.45) is 0 Å². The molecule has 3 rings (SSSR count). The molecule has 0 radical (unpaired) electrons. The van der Waals surface area contributed by atoms with Gasteiger partial charge in [0.25, 0.3) is 0 Å². The lowest BCUT2D eigenvalue weighted by molar-refractivity contribution is 0.210. The van der Waals surface area contributed by atoms with Gasteiger partial charge in [0, 0.05) is 12.3 Å². The molecule has 1 aromatic heterocycles. The number of rotatable bonds is 7. The third-order valence-electron chi connectivity index (χ3n) is 3.93. The number of hydrogen-bond acceptors (Lipinski definition) is 4. The van der Waals surface area contributed by atoms with Gasteiger partial charge in [-0.25, -0.2) is 0 Å². The van der Waals surface area contributed by atoms with Crippen LogP contribution in [0.5, 0.6) is 5.75 Å². The molecule has 5 heteroatoms. The summed E-state index contributed by atoms with van der Waals surface area (Å²) in [6, 6.07) is 18.4. The van der Waals surface area contributed by atoms with E-state index in [9.17, 15) is 0 Å². The Morgan fingerprint density at radius 3 is 2.60 bits per heavy atom. The monoisotopic (exact) mass is 353 g/mol. The van der Waals surface area contributed by atoms with Crippen molar-refractivity contribution in [2.45, 2.75) is 44.3 Å². The van der Waals surface area contributed by atoms with Gasteiger partial charge in [0.05, 0.1) is 0 Å². The fourth-order valence-corrected chi connectivity index (χ4v) is 3.66. The Kier molecular flexibility index (Phi) is 5.76. The van der Waals surface area contributed by atoms with E-state index < -0.39 is 0 Å². The molecule has 0 saturated heterocycles.